The molecule has 2 aromatic carbocycles. The zero-order valence-electron chi connectivity index (χ0n) is 10.5. The number of fused-ring (bicyclic) bond motifs is 1. The van der Waals surface area contributed by atoms with Crippen LogP contribution in [0.15, 0.2) is 36.4 Å². The Labute approximate surface area is 102 Å². The quantitative estimate of drug-likeness (QED) is 0.816. The monoisotopic (exact) mass is 230 g/mol. The Bertz CT molecular complexity index is 509. The SMILES string of the molecule is COc1ccc(CNN(C)C)c2ccccc12. The molecule has 2 rings (SSSR count). The van der Waals surface area contributed by atoms with Crippen molar-refractivity contribution in [1.82, 2.24) is 10.4 Å². The first-order valence-corrected chi connectivity index (χ1v) is 5.68. The summed E-state index contributed by atoms with van der Waals surface area (Å²) in [4.78, 5) is 0. The molecule has 3 nitrogen and oxygen atoms in total. The molecule has 0 bridgehead atoms. The van der Waals surface area contributed by atoms with Crippen LogP contribution in [0.4, 0.5) is 0 Å². The lowest BCUT2D eigenvalue weighted by atomic mass is 10.0. The van der Waals surface area contributed by atoms with Crippen molar-refractivity contribution >= 4 is 10.8 Å². The molecule has 0 aromatic heterocycles. The molecule has 0 fully saturated rings. The highest BCUT2D eigenvalue weighted by atomic mass is 16.5. The van der Waals surface area contributed by atoms with Crippen LogP contribution in [0.1, 0.15) is 5.56 Å². The first-order chi connectivity index (χ1) is 8.22. The number of methoxy groups -OCH3 is 1. The molecule has 0 aliphatic carbocycles. The average molecular weight is 230 g/mol. The van der Waals surface area contributed by atoms with Crippen LogP contribution >= 0.6 is 0 Å². The van der Waals surface area contributed by atoms with E-state index in [1.807, 2.05) is 31.2 Å². The summed E-state index contributed by atoms with van der Waals surface area (Å²) >= 11 is 0. The van der Waals surface area contributed by atoms with Gasteiger partial charge in [0.1, 0.15) is 5.75 Å². The zero-order valence-corrected chi connectivity index (χ0v) is 10.5. The Morgan fingerprint density at radius 3 is 2.41 bits per heavy atom. The highest BCUT2D eigenvalue weighted by Crippen LogP contribution is 2.28. The number of hydrogen-bond acceptors (Lipinski definition) is 3. The Morgan fingerprint density at radius 2 is 1.76 bits per heavy atom. The van der Waals surface area contributed by atoms with Crippen molar-refractivity contribution in [2.24, 2.45) is 0 Å². The Balaban J connectivity index is 2.43. The van der Waals surface area contributed by atoms with Gasteiger partial charge in [0.2, 0.25) is 0 Å². The van der Waals surface area contributed by atoms with Crippen LogP contribution in [-0.4, -0.2) is 26.2 Å². The number of benzene rings is 2. The summed E-state index contributed by atoms with van der Waals surface area (Å²) in [5.74, 6) is 0.925. The zero-order chi connectivity index (χ0) is 12.3. The second-order valence-corrected chi connectivity index (χ2v) is 4.20. The van der Waals surface area contributed by atoms with Crippen LogP contribution in [0.25, 0.3) is 10.8 Å². The lowest BCUT2D eigenvalue weighted by molar-refractivity contribution is 0.286. The van der Waals surface area contributed by atoms with Gasteiger partial charge in [0.25, 0.3) is 0 Å². The number of hydrogen-bond donors (Lipinski definition) is 1. The summed E-state index contributed by atoms with van der Waals surface area (Å²) in [6.07, 6.45) is 0. The smallest absolute Gasteiger partial charge is 0.126 e. The first kappa shape index (κ1) is 11.9. The van der Waals surface area contributed by atoms with Crippen LogP contribution in [0.5, 0.6) is 5.75 Å². The molecule has 0 aliphatic heterocycles. The molecule has 0 spiro atoms. The fourth-order valence-electron chi connectivity index (χ4n) is 1.91. The van der Waals surface area contributed by atoms with Crippen LogP contribution in [-0.2, 0) is 6.54 Å². The second-order valence-electron chi connectivity index (χ2n) is 4.20. The van der Waals surface area contributed by atoms with Gasteiger partial charge in [-0.05, 0) is 17.0 Å². The van der Waals surface area contributed by atoms with Gasteiger partial charge in [-0.25, -0.2) is 0 Å². The summed E-state index contributed by atoms with van der Waals surface area (Å²) in [5.41, 5.74) is 4.56. The molecule has 3 heteroatoms. The summed E-state index contributed by atoms with van der Waals surface area (Å²) in [6, 6.07) is 12.4. The highest BCUT2D eigenvalue weighted by Gasteiger charge is 2.05. The Hall–Kier alpha value is -1.58. The maximum absolute atomic E-state index is 5.38. The molecule has 0 saturated heterocycles. The topological polar surface area (TPSA) is 24.5 Å². The van der Waals surface area contributed by atoms with Crippen LogP contribution in [0.3, 0.4) is 0 Å². The van der Waals surface area contributed by atoms with Crippen LogP contribution in [0.2, 0.25) is 0 Å². The van der Waals surface area contributed by atoms with E-state index >= 15 is 0 Å². The highest BCUT2D eigenvalue weighted by molar-refractivity contribution is 5.91. The lowest BCUT2D eigenvalue weighted by Gasteiger charge is -2.14. The maximum Gasteiger partial charge on any atom is 0.126 e. The molecule has 1 N–H and O–H groups in total. The molecular formula is C14H18N2O. The van der Waals surface area contributed by atoms with E-state index < -0.39 is 0 Å². The summed E-state index contributed by atoms with van der Waals surface area (Å²) in [7, 11) is 5.69. The van der Waals surface area contributed by atoms with E-state index in [1.165, 1.54) is 10.9 Å². The van der Waals surface area contributed by atoms with Crippen LogP contribution in [0, 0.1) is 0 Å². The summed E-state index contributed by atoms with van der Waals surface area (Å²) in [5, 5.41) is 4.35. The molecule has 90 valence electrons. The fraction of sp³-hybridized carbons (Fsp3) is 0.286. The number of rotatable bonds is 4. The predicted molar refractivity (Wildman–Crippen MR) is 71.0 cm³/mol. The molecule has 0 aliphatic rings. The van der Waals surface area contributed by atoms with Crippen molar-refractivity contribution in [2.75, 3.05) is 21.2 Å². The standard InChI is InChI=1S/C14H18N2O/c1-16(2)15-10-11-8-9-14(17-3)13-7-5-4-6-12(11)13/h4-9,15H,10H2,1-3H3. The van der Waals surface area contributed by atoms with E-state index in [0.717, 1.165) is 17.7 Å². The number of nitrogens with one attached hydrogen (secondary N) is 1. The normalized spacial score (nSPS) is 11.1. The van der Waals surface area contributed by atoms with Gasteiger partial charge in [-0.15, -0.1) is 0 Å². The summed E-state index contributed by atoms with van der Waals surface area (Å²) in [6.45, 7) is 0.817. The van der Waals surface area contributed by atoms with E-state index in [1.54, 1.807) is 7.11 Å². The van der Waals surface area contributed by atoms with E-state index in [9.17, 15) is 0 Å². The number of hydrazine groups is 1. The summed E-state index contributed by atoms with van der Waals surface area (Å²) < 4.78 is 5.38. The van der Waals surface area contributed by atoms with E-state index in [-0.39, 0.29) is 0 Å². The van der Waals surface area contributed by atoms with Gasteiger partial charge in [0.05, 0.1) is 7.11 Å². The van der Waals surface area contributed by atoms with E-state index in [2.05, 4.69) is 29.7 Å². The molecule has 0 atom stereocenters. The van der Waals surface area contributed by atoms with Gasteiger partial charge >= 0.3 is 0 Å². The van der Waals surface area contributed by atoms with Crippen molar-refractivity contribution in [2.45, 2.75) is 6.54 Å². The van der Waals surface area contributed by atoms with Gasteiger partial charge < -0.3 is 4.74 Å². The van der Waals surface area contributed by atoms with Crippen molar-refractivity contribution in [3.05, 3.63) is 42.0 Å². The largest absolute Gasteiger partial charge is 0.496 e. The third-order valence-electron chi connectivity index (χ3n) is 2.78. The third kappa shape index (κ3) is 2.57. The number of ether oxygens (including phenoxy) is 1. The van der Waals surface area contributed by atoms with Gasteiger partial charge in [-0.3, -0.25) is 10.4 Å². The molecule has 0 radical (unpaired) electrons. The minimum Gasteiger partial charge on any atom is -0.496 e. The molecule has 0 heterocycles. The van der Waals surface area contributed by atoms with Gasteiger partial charge in [0.15, 0.2) is 0 Å². The molecular weight excluding hydrogens is 212 g/mol. The van der Waals surface area contributed by atoms with E-state index in [0.29, 0.717) is 0 Å². The first-order valence-electron chi connectivity index (χ1n) is 5.68. The van der Waals surface area contributed by atoms with Gasteiger partial charge in [0, 0.05) is 26.0 Å². The lowest BCUT2D eigenvalue weighted by Crippen LogP contribution is -2.29. The molecule has 0 unspecified atom stereocenters. The van der Waals surface area contributed by atoms with Gasteiger partial charge in [-0.1, -0.05) is 30.3 Å². The maximum atomic E-state index is 5.38. The molecule has 2 aromatic rings. The Kier molecular flexibility index (Phi) is 3.61. The van der Waals surface area contributed by atoms with Crippen molar-refractivity contribution in [3.63, 3.8) is 0 Å². The Morgan fingerprint density at radius 1 is 1.06 bits per heavy atom. The molecule has 17 heavy (non-hydrogen) atoms. The number of nitrogens with zero attached hydrogens (tertiary/aromatic N) is 1. The predicted octanol–water partition coefficient (Wildman–Crippen LogP) is 2.41. The van der Waals surface area contributed by atoms with Crippen molar-refractivity contribution < 1.29 is 4.74 Å². The average Bonchev–Trinajstić information content (AvgIpc) is 2.35. The fourth-order valence-corrected chi connectivity index (χ4v) is 1.91. The molecule has 0 saturated carbocycles. The molecule has 0 amide bonds. The van der Waals surface area contributed by atoms with Gasteiger partial charge in [-0.2, -0.15) is 0 Å². The van der Waals surface area contributed by atoms with Crippen molar-refractivity contribution in [3.8, 4) is 5.75 Å². The van der Waals surface area contributed by atoms with Crippen molar-refractivity contribution in [1.29, 1.82) is 0 Å². The second kappa shape index (κ2) is 5.17. The van der Waals surface area contributed by atoms with E-state index in [4.69, 9.17) is 4.74 Å². The third-order valence-corrected chi connectivity index (χ3v) is 2.78. The minimum absolute atomic E-state index is 0.817. The van der Waals surface area contributed by atoms with Crippen LogP contribution < -0.4 is 10.2 Å². The minimum atomic E-state index is 0.817.